The summed E-state index contributed by atoms with van der Waals surface area (Å²) in [6, 6.07) is 11.2. The van der Waals surface area contributed by atoms with Crippen LogP contribution < -0.4 is 11.1 Å². The maximum atomic E-state index is 5.51. The molecule has 0 aliphatic heterocycles. The van der Waals surface area contributed by atoms with Crippen LogP contribution >= 0.6 is 0 Å². The van der Waals surface area contributed by atoms with Crippen LogP contribution in [0.25, 0.3) is 0 Å². The third-order valence-electron chi connectivity index (χ3n) is 1.58. The minimum Gasteiger partial charge on any atom is -0.323 e. The van der Waals surface area contributed by atoms with Crippen molar-refractivity contribution < 1.29 is 0 Å². The standard InChI is InChI=1S/C10H15N2/c1-9(11)7-12-8-10-5-3-2-4-6-10/h2-6,12H,7-8,11H2,1H3. The number of nitrogens with one attached hydrogen (secondary N) is 1. The van der Waals surface area contributed by atoms with E-state index in [1.165, 1.54) is 5.56 Å². The lowest BCUT2D eigenvalue weighted by Crippen LogP contribution is -2.24. The lowest BCUT2D eigenvalue weighted by atomic mass is 10.2. The molecule has 0 unspecified atom stereocenters. The summed E-state index contributed by atoms with van der Waals surface area (Å²) in [5, 5.41) is 3.24. The molecule has 2 heteroatoms. The molecule has 12 heavy (non-hydrogen) atoms. The highest BCUT2D eigenvalue weighted by Crippen LogP contribution is 1.97. The molecule has 1 aromatic carbocycles. The molecule has 0 saturated carbocycles. The van der Waals surface area contributed by atoms with Crippen molar-refractivity contribution in [2.45, 2.75) is 13.5 Å². The largest absolute Gasteiger partial charge is 0.323 e. The highest BCUT2D eigenvalue weighted by atomic mass is 14.9. The molecule has 0 atom stereocenters. The lowest BCUT2D eigenvalue weighted by Gasteiger charge is -2.06. The van der Waals surface area contributed by atoms with Crippen LogP contribution in [0.5, 0.6) is 0 Å². The van der Waals surface area contributed by atoms with Gasteiger partial charge in [-0.15, -0.1) is 0 Å². The zero-order chi connectivity index (χ0) is 8.81. The Balaban J connectivity index is 2.25. The molecule has 65 valence electrons. The number of rotatable bonds is 4. The Hall–Kier alpha value is -0.860. The predicted octanol–water partition coefficient (Wildman–Crippen LogP) is 1.29. The number of nitrogens with two attached hydrogens (primary N) is 1. The van der Waals surface area contributed by atoms with Crippen molar-refractivity contribution in [1.29, 1.82) is 0 Å². The molecule has 0 aromatic heterocycles. The molecule has 1 rings (SSSR count). The maximum absolute atomic E-state index is 5.51. The second kappa shape index (κ2) is 4.91. The second-order valence-corrected chi connectivity index (χ2v) is 2.94. The summed E-state index contributed by atoms with van der Waals surface area (Å²) in [7, 11) is 0. The van der Waals surface area contributed by atoms with Gasteiger partial charge in [0.2, 0.25) is 0 Å². The van der Waals surface area contributed by atoms with E-state index in [0.717, 1.165) is 19.1 Å². The molecule has 3 N–H and O–H groups in total. The Labute approximate surface area is 73.8 Å². The van der Waals surface area contributed by atoms with Crippen LogP contribution in [0.15, 0.2) is 30.3 Å². The Morgan fingerprint density at radius 3 is 2.58 bits per heavy atom. The van der Waals surface area contributed by atoms with Crippen LogP contribution in [-0.2, 0) is 6.54 Å². The van der Waals surface area contributed by atoms with Crippen molar-refractivity contribution >= 4 is 0 Å². The zero-order valence-electron chi connectivity index (χ0n) is 7.38. The first-order valence-electron chi connectivity index (χ1n) is 4.11. The average Bonchev–Trinajstić information content (AvgIpc) is 2.05. The first-order chi connectivity index (χ1) is 5.79. The van der Waals surface area contributed by atoms with Gasteiger partial charge in [0.15, 0.2) is 0 Å². The van der Waals surface area contributed by atoms with E-state index in [4.69, 9.17) is 5.73 Å². The summed E-state index contributed by atoms with van der Waals surface area (Å²) in [5.74, 6) is 0. The fourth-order valence-corrected chi connectivity index (χ4v) is 1.000. The molecular formula is C10H15N2. The predicted molar refractivity (Wildman–Crippen MR) is 51.3 cm³/mol. The Morgan fingerprint density at radius 1 is 1.33 bits per heavy atom. The molecule has 0 amide bonds. The summed E-state index contributed by atoms with van der Waals surface area (Å²) in [4.78, 5) is 0. The quantitative estimate of drug-likeness (QED) is 0.702. The van der Waals surface area contributed by atoms with Gasteiger partial charge in [0.1, 0.15) is 0 Å². The van der Waals surface area contributed by atoms with Crippen molar-refractivity contribution in [2.24, 2.45) is 5.73 Å². The van der Waals surface area contributed by atoms with Crippen LogP contribution in [0.3, 0.4) is 0 Å². The van der Waals surface area contributed by atoms with Gasteiger partial charge in [-0.3, -0.25) is 0 Å². The van der Waals surface area contributed by atoms with Gasteiger partial charge in [-0.1, -0.05) is 30.3 Å². The molecule has 0 bridgehead atoms. The van der Waals surface area contributed by atoms with Crippen LogP contribution in [0.1, 0.15) is 12.5 Å². The van der Waals surface area contributed by atoms with Crippen molar-refractivity contribution in [2.75, 3.05) is 6.54 Å². The molecule has 0 aliphatic carbocycles. The van der Waals surface area contributed by atoms with E-state index in [1.54, 1.807) is 0 Å². The van der Waals surface area contributed by atoms with Gasteiger partial charge in [-0.05, 0) is 12.5 Å². The molecule has 1 aromatic rings. The molecule has 0 spiro atoms. The SMILES string of the molecule is C[C](N)CNCc1ccccc1. The Kier molecular flexibility index (Phi) is 3.77. The van der Waals surface area contributed by atoms with Gasteiger partial charge in [-0.25, -0.2) is 0 Å². The van der Waals surface area contributed by atoms with Crippen LogP contribution in [0.4, 0.5) is 0 Å². The smallest absolute Gasteiger partial charge is 0.0444 e. The summed E-state index contributed by atoms with van der Waals surface area (Å²) < 4.78 is 0. The molecule has 0 heterocycles. The van der Waals surface area contributed by atoms with E-state index in [-0.39, 0.29) is 0 Å². The molecule has 0 fully saturated rings. The average molecular weight is 163 g/mol. The summed E-state index contributed by atoms with van der Waals surface area (Å²) in [6.07, 6.45) is 0. The van der Waals surface area contributed by atoms with E-state index >= 15 is 0 Å². The first kappa shape index (κ1) is 9.23. The fourth-order valence-electron chi connectivity index (χ4n) is 1.000. The minimum absolute atomic E-state index is 0.787. The van der Waals surface area contributed by atoms with E-state index in [2.05, 4.69) is 17.4 Å². The van der Waals surface area contributed by atoms with Crippen molar-refractivity contribution in [1.82, 2.24) is 5.32 Å². The second-order valence-electron chi connectivity index (χ2n) is 2.94. The molecule has 2 nitrogen and oxygen atoms in total. The van der Waals surface area contributed by atoms with Crippen molar-refractivity contribution in [3.05, 3.63) is 41.9 Å². The molecule has 0 aliphatic rings. The van der Waals surface area contributed by atoms with Gasteiger partial charge < -0.3 is 11.1 Å². The van der Waals surface area contributed by atoms with Crippen molar-refractivity contribution in [3.63, 3.8) is 0 Å². The fraction of sp³-hybridized carbons (Fsp3) is 0.300. The third kappa shape index (κ3) is 3.51. The van der Waals surface area contributed by atoms with Gasteiger partial charge in [0, 0.05) is 19.1 Å². The Bertz CT molecular complexity index is 206. The van der Waals surface area contributed by atoms with E-state index in [0.29, 0.717) is 0 Å². The summed E-state index contributed by atoms with van der Waals surface area (Å²) in [6.45, 7) is 3.59. The molecule has 1 radical (unpaired) electrons. The lowest BCUT2D eigenvalue weighted by molar-refractivity contribution is 0.688. The van der Waals surface area contributed by atoms with E-state index < -0.39 is 0 Å². The molecular weight excluding hydrogens is 148 g/mol. The van der Waals surface area contributed by atoms with Gasteiger partial charge in [0.25, 0.3) is 0 Å². The van der Waals surface area contributed by atoms with Crippen LogP contribution in [0.2, 0.25) is 0 Å². The summed E-state index contributed by atoms with van der Waals surface area (Å²) in [5.41, 5.74) is 6.80. The maximum Gasteiger partial charge on any atom is 0.0444 e. The van der Waals surface area contributed by atoms with Gasteiger partial charge in [-0.2, -0.15) is 0 Å². The van der Waals surface area contributed by atoms with Gasteiger partial charge in [0.05, 0.1) is 0 Å². The van der Waals surface area contributed by atoms with Crippen LogP contribution in [0, 0.1) is 6.04 Å². The van der Waals surface area contributed by atoms with E-state index in [9.17, 15) is 0 Å². The normalized spacial score (nSPS) is 10.6. The third-order valence-corrected chi connectivity index (χ3v) is 1.58. The summed E-state index contributed by atoms with van der Waals surface area (Å²) >= 11 is 0. The van der Waals surface area contributed by atoms with E-state index in [1.807, 2.05) is 25.1 Å². The highest BCUT2D eigenvalue weighted by molar-refractivity contribution is 5.14. The zero-order valence-corrected chi connectivity index (χ0v) is 7.38. The minimum atomic E-state index is 0.787. The monoisotopic (exact) mass is 163 g/mol. The molecule has 0 saturated heterocycles. The number of hydrogen-bond donors (Lipinski definition) is 2. The Morgan fingerprint density at radius 2 is 2.00 bits per heavy atom. The first-order valence-corrected chi connectivity index (χ1v) is 4.11. The number of benzene rings is 1. The highest BCUT2D eigenvalue weighted by Gasteiger charge is 1.93. The van der Waals surface area contributed by atoms with Gasteiger partial charge >= 0.3 is 0 Å². The van der Waals surface area contributed by atoms with Crippen LogP contribution in [-0.4, -0.2) is 6.54 Å². The van der Waals surface area contributed by atoms with Crippen molar-refractivity contribution in [3.8, 4) is 0 Å². The number of hydrogen-bond acceptors (Lipinski definition) is 2. The topological polar surface area (TPSA) is 38.0 Å².